The molecule has 1 atom stereocenters. The van der Waals surface area contributed by atoms with E-state index >= 15 is 0 Å². The number of carbonyl (C=O) groups excluding carboxylic acids is 1. The average molecular weight is 287 g/mol. The molecule has 1 saturated heterocycles. The number of H-pyrrole nitrogens is 1. The fourth-order valence-electron chi connectivity index (χ4n) is 2.91. The molecule has 1 aromatic carbocycles. The highest BCUT2D eigenvalue weighted by molar-refractivity contribution is 6.05. The number of nitrogen functional groups attached to an aromatic ring is 1. The van der Waals surface area contributed by atoms with E-state index in [0.717, 1.165) is 36.8 Å². The number of amides is 1. The van der Waals surface area contributed by atoms with Crippen molar-refractivity contribution >= 4 is 22.5 Å². The first kappa shape index (κ1) is 13.9. The highest BCUT2D eigenvalue weighted by Gasteiger charge is 2.27. The lowest BCUT2D eigenvalue weighted by molar-refractivity contribution is 0.0631. The van der Waals surface area contributed by atoms with Crippen LogP contribution in [-0.4, -0.2) is 59.1 Å². The number of likely N-dealkylation sites (tertiary alicyclic amines) is 1. The molecule has 1 amide bonds. The maximum Gasteiger partial charge on any atom is 0.275 e. The number of nitrogens with two attached hydrogens (primary N) is 1. The molecule has 3 N–H and O–H groups in total. The van der Waals surface area contributed by atoms with Crippen LogP contribution < -0.4 is 5.73 Å². The van der Waals surface area contributed by atoms with Crippen LogP contribution in [0.5, 0.6) is 0 Å². The van der Waals surface area contributed by atoms with Gasteiger partial charge in [0.05, 0.1) is 5.52 Å². The Bertz CT molecular complexity index is 663. The number of anilines is 1. The van der Waals surface area contributed by atoms with Gasteiger partial charge in [-0.3, -0.25) is 9.89 Å². The summed E-state index contributed by atoms with van der Waals surface area (Å²) in [6.45, 7) is 1.54. The van der Waals surface area contributed by atoms with Gasteiger partial charge in [-0.25, -0.2) is 0 Å². The SMILES string of the molecule is CN(C)C1CCCN(C(=O)c2n[nH]c3ccc(N)cc23)C1. The van der Waals surface area contributed by atoms with Crippen LogP contribution in [0.15, 0.2) is 18.2 Å². The third-order valence-corrected chi connectivity index (χ3v) is 4.20. The van der Waals surface area contributed by atoms with Crippen molar-refractivity contribution in [2.45, 2.75) is 18.9 Å². The minimum atomic E-state index is -0.0154. The predicted octanol–water partition coefficient (Wildman–Crippen LogP) is 1.31. The van der Waals surface area contributed by atoms with Crippen LogP contribution in [0.1, 0.15) is 23.3 Å². The van der Waals surface area contributed by atoms with Crippen LogP contribution in [0, 0.1) is 0 Å². The maximum absolute atomic E-state index is 12.7. The van der Waals surface area contributed by atoms with E-state index in [0.29, 0.717) is 17.4 Å². The number of rotatable bonds is 2. The van der Waals surface area contributed by atoms with E-state index in [1.54, 1.807) is 12.1 Å². The molecular weight excluding hydrogens is 266 g/mol. The number of nitrogens with zero attached hydrogens (tertiary/aromatic N) is 3. The van der Waals surface area contributed by atoms with Gasteiger partial charge in [-0.15, -0.1) is 0 Å². The number of carbonyl (C=O) groups is 1. The van der Waals surface area contributed by atoms with Gasteiger partial charge < -0.3 is 15.5 Å². The molecule has 1 unspecified atom stereocenters. The van der Waals surface area contributed by atoms with Crippen LogP contribution in [0.25, 0.3) is 10.9 Å². The molecule has 0 spiro atoms. The molecule has 2 heterocycles. The third kappa shape index (κ3) is 2.58. The van der Waals surface area contributed by atoms with Crippen molar-refractivity contribution in [3.8, 4) is 0 Å². The molecule has 2 aromatic rings. The Kier molecular flexibility index (Phi) is 3.55. The molecule has 0 aliphatic carbocycles. The largest absolute Gasteiger partial charge is 0.399 e. The second kappa shape index (κ2) is 5.37. The fraction of sp³-hybridized carbons (Fsp3) is 0.467. The summed E-state index contributed by atoms with van der Waals surface area (Å²) < 4.78 is 0. The summed E-state index contributed by atoms with van der Waals surface area (Å²) in [7, 11) is 4.12. The van der Waals surface area contributed by atoms with Crippen LogP contribution in [0.2, 0.25) is 0 Å². The molecule has 112 valence electrons. The molecule has 6 nitrogen and oxygen atoms in total. The van der Waals surface area contributed by atoms with E-state index in [9.17, 15) is 4.79 Å². The monoisotopic (exact) mass is 287 g/mol. The van der Waals surface area contributed by atoms with Crippen molar-refractivity contribution in [2.24, 2.45) is 0 Å². The second-order valence-electron chi connectivity index (χ2n) is 5.89. The number of aromatic amines is 1. The predicted molar refractivity (Wildman–Crippen MR) is 83.1 cm³/mol. The highest BCUT2D eigenvalue weighted by Crippen LogP contribution is 2.22. The zero-order valence-corrected chi connectivity index (χ0v) is 12.5. The second-order valence-corrected chi connectivity index (χ2v) is 5.89. The van der Waals surface area contributed by atoms with Gasteiger partial charge in [0.1, 0.15) is 0 Å². The number of hydrogen-bond acceptors (Lipinski definition) is 4. The van der Waals surface area contributed by atoms with Gasteiger partial charge in [0.2, 0.25) is 0 Å². The molecule has 1 aromatic heterocycles. The van der Waals surface area contributed by atoms with Crippen molar-refractivity contribution in [1.82, 2.24) is 20.0 Å². The van der Waals surface area contributed by atoms with Crippen LogP contribution in [0.4, 0.5) is 5.69 Å². The molecular formula is C15H21N5O. The summed E-state index contributed by atoms with van der Waals surface area (Å²) in [5.41, 5.74) is 7.77. The first-order valence-corrected chi connectivity index (χ1v) is 7.25. The van der Waals surface area contributed by atoms with Gasteiger partial charge in [-0.2, -0.15) is 5.10 Å². The van der Waals surface area contributed by atoms with Gasteiger partial charge in [0.15, 0.2) is 5.69 Å². The summed E-state index contributed by atoms with van der Waals surface area (Å²) in [5, 5.41) is 7.90. The lowest BCUT2D eigenvalue weighted by Crippen LogP contribution is -2.47. The quantitative estimate of drug-likeness (QED) is 0.816. The van der Waals surface area contributed by atoms with Crippen LogP contribution >= 0.6 is 0 Å². The summed E-state index contributed by atoms with van der Waals surface area (Å²) in [5.74, 6) is -0.0154. The zero-order chi connectivity index (χ0) is 15.0. The Morgan fingerprint density at radius 1 is 1.48 bits per heavy atom. The third-order valence-electron chi connectivity index (χ3n) is 4.20. The van der Waals surface area contributed by atoms with E-state index in [4.69, 9.17) is 5.73 Å². The Morgan fingerprint density at radius 2 is 2.29 bits per heavy atom. The normalized spacial score (nSPS) is 19.4. The topological polar surface area (TPSA) is 78.2 Å². The molecule has 1 fully saturated rings. The van der Waals surface area contributed by atoms with Crippen molar-refractivity contribution in [3.63, 3.8) is 0 Å². The van der Waals surface area contributed by atoms with Gasteiger partial charge in [0.25, 0.3) is 5.91 Å². The van der Waals surface area contributed by atoms with Crippen molar-refractivity contribution in [3.05, 3.63) is 23.9 Å². The minimum absolute atomic E-state index is 0.0154. The first-order valence-electron chi connectivity index (χ1n) is 7.25. The van der Waals surface area contributed by atoms with Gasteiger partial charge in [-0.1, -0.05) is 0 Å². The number of hydrogen-bond donors (Lipinski definition) is 2. The Labute approximate surface area is 123 Å². The molecule has 0 saturated carbocycles. The van der Waals surface area contributed by atoms with Crippen LogP contribution in [0.3, 0.4) is 0 Å². The number of fused-ring (bicyclic) bond motifs is 1. The van der Waals surface area contributed by atoms with E-state index in [1.165, 1.54) is 0 Å². The van der Waals surface area contributed by atoms with Gasteiger partial charge >= 0.3 is 0 Å². The van der Waals surface area contributed by atoms with Crippen molar-refractivity contribution in [2.75, 3.05) is 32.9 Å². The van der Waals surface area contributed by atoms with Crippen molar-refractivity contribution < 1.29 is 4.79 Å². The summed E-state index contributed by atoms with van der Waals surface area (Å²) in [6, 6.07) is 5.88. The fourth-order valence-corrected chi connectivity index (χ4v) is 2.91. The van der Waals surface area contributed by atoms with Gasteiger partial charge in [-0.05, 0) is 45.1 Å². The summed E-state index contributed by atoms with van der Waals surface area (Å²) in [6.07, 6.45) is 2.16. The summed E-state index contributed by atoms with van der Waals surface area (Å²) >= 11 is 0. The minimum Gasteiger partial charge on any atom is -0.399 e. The van der Waals surface area contributed by atoms with E-state index in [2.05, 4.69) is 29.2 Å². The van der Waals surface area contributed by atoms with E-state index in [1.807, 2.05) is 11.0 Å². The average Bonchev–Trinajstić information content (AvgIpc) is 2.89. The molecule has 1 aliphatic heterocycles. The Balaban J connectivity index is 1.88. The van der Waals surface area contributed by atoms with E-state index in [-0.39, 0.29) is 5.91 Å². The molecule has 0 radical (unpaired) electrons. The number of piperidine rings is 1. The molecule has 3 rings (SSSR count). The molecule has 1 aliphatic rings. The van der Waals surface area contributed by atoms with E-state index < -0.39 is 0 Å². The van der Waals surface area contributed by atoms with Gasteiger partial charge in [0, 0.05) is 30.2 Å². The number of benzene rings is 1. The van der Waals surface area contributed by atoms with Crippen molar-refractivity contribution in [1.29, 1.82) is 0 Å². The number of aromatic nitrogens is 2. The lowest BCUT2D eigenvalue weighted by Gasteiger charge is -2.35. The molecule has 0 bridgehead atoms. The number of likely N-dealkylation sites (N-methyl/N-ethyl adjacent to an activating group) is 1. The standard InChI is InChI=1S/C15H21N5O/c1-19(2)11-4-3-7-20(9-11)15(21)14-12-8-10(16)5-6-13(12)17-18-14/h5-6,8,11H,3-4,7,9,16H2,1-2H3,(H,17,18). The smallest absolute Gasteiger partial charge is 0.275 e. The summed E-state index contributed by atoms with van der Waals surface area (Å²) in [4.78, 5) is 16.8. The number of nitrogens with one attached hydrogen (secondary N) is 1. The zero-order valence-electron chi connectivity index (χ0n) is 12.5. The molecule has 6 heteroatoms. The molecule has 21 heavy (non-hydrogen) atoms. The Morgan fingerprint density at radius 3 is 3.05 bits per heavy atom. The lowest BCUT2D eigenvalue weighted by atomic mass is 10.0. The Hall–Kier alpha value is -2.08. The first-order chi connectivity index (χ1) is 10.1. The van der Waals surface area contributed by atoms with Crippen LogP contribution in [-0.2, 0) is 0 Å². The maximum atomic E-state index is 12.7. The highest BCUT2D eigenvalue weighted by atomic mass is 16.2.